The van der Waals surface area contributed by atoms with Crippen molar-refractivity contribution < 1.29 is 42.9 Å². The van der Waals surface area contributed by atoms with Gasteiger partial charge in [-0.1, -0.05) is 108 Å². The molecule has 0 spiro atoms. The van der Waals surface area contributed by atoms with Gasteiger partial charge in [0.05, 0.1) is 31.1 Å². The molecule has 0 aliphatic heterocycles. The number of unbranched alkanes of at least 4 members (excludes halogenated alkanes) is 2. The van der Waals surface area contributed by atoms with E-state index in [1.807, 2.05) is 0 Å². The Bertz CT molecular complexity index is 2260. The van der Waals surface area contributed by atoms with Crippen molar-refractivity contribution in [1.29, 1.82) is 5.26 Å². The predicted octanol–water partition coefficient (Wildman–Crippen LogP) is 13.1. The third-order valence-electron chi connectivity index (χ3n) is 12.9. The first-order valence-corrected chi connectivity index (χ1v) is 24.7. The first-order chi connectivity index (χ1) is 33.0. The second kappa shape index (κ2) is 27.7. The van der Waals surface area contributed by atoms with E-state index < -0.39 is 29.3 Å². The van der Waals surface area contributed by atoms with Crippen LogP contribution in [0.1, 0.15) is 140 Å². The van der Waals surface area contributed by atoms with Crippen LogP contribution in [0, 0.1) is 22.7 Å². The van der Waals surface area contributed by atoms with E-state index in [1.165, 1.54) is 70.8 Å². The molecule has 10 nitrogen and oxygen atoms in total. The Morgan fingerprint density at radius 2 is 1.10 bits per heavy atom. The fraction of sp³-hybridized carbons (Fsp3) is 0.475. The van der Waals surface area contributed by atoms with Crippen molar-refractivity contribution in [2.45, 2.75) is 137 Å². The second-order valence-corrected chi connectivity index (χ2v) is 19.1. The van der Waals surface area contributed by atoms with E-state index in [9.17, 15) is 24.4 Å². The van der Waals surface area contributed by atoms with Crippen LogP contribution in [0.2, 0.25) is 0 Å². The highest BCUT2D eigenvalue weighted by Crippen LogP contribution is 2.40. The van der Waals surface area contributed by atoms with E-state index in [2.05, 4.69) is 101 Å². The van der Waals surface area contributed by atoms with Crippen LogP contribution in [-0.4, -0.2) is 56.9 Å². The van der Waals surface area contributed by atoms with Crippen LogP contribution in [0.3, 0.4) is 0 Å². The molecule has 0 radical (unpaired) electrons. The Morgan fingerprint density at radius 1 is 0.609 bits per heavy atom. The van der Waals surface area contributed by atoms with Crippen LogP contribution < -0.4 is 4.74 Å². The zero-order chi connectivity index (χ0) is 50.5. The summed E-state index contributed by atoms with van der Waals surface area (Å²) in [6.45, 7) is 24.9. The first kappa shape index (κ1) is 55.4. The normalized spacial score (nSPS) is 14.4. The predicted molar refractivity (Wildman–Crippen MR) is 273 cm³/mol. The Kier molecular flexibility index (Phi) is 22.2. The molecule has 1 fully saturated rings. The van der Waals surface area contributed by atoms with Crippen LogP contribution in [0.5, 0.6) is 5.75 Å². The number of ether oxygens (including phenoxy) is 5. The molecule has 370 valence electrons. The highest BCUT2D eigenvalue weighted by atomic mass is 16.6. The van der Waals surface area contributed by atoms with E-state index in [4.69, 9.17) is 23.7 Å². The van der Waals surface area contributed by atoms with Crippen molar-refractivity contribution in [1.82, 2.24) is 0 Å². The maximum atomic E-state index is 12.7. The van der Waals surface area contributed by atoms with Crippen LogP contribution in [0.15, 0.2) is 103 Å². The molecule has 0 heterocycles. The number of aryl methyl sites for hydroxylation is 3. The SMILES string of the molecule is C=C(C)C(=O)OCCCc1cc(-c2ccc(-c3ccc(C4CCC(CCCCC)CC4)cc3)cc2CC)cc(CCCOC(=O)C(=C)C)c1OCC(CC#N)(COC(=O)C(=C)C)COC(=O)C(=C)C. The molecule has 3 aromatic carbocycles. The summed E-state index contributed by atoms with van der Waals surface area (Å²) in [5.41, 5.74) is 8.10. The lowest BCUT2D eigenvalue weighted by Crippen LogP contribution is -2.40. The van der Waals surface area contributed by atoms with Crippen molar-refractivity contribution in [3.63, 3.8) is 0 Å². The Morgan fingerprint density at radius 3 is 1.58 bits per heavy atom. The lowest BCUT2D eigenvalue weighted by Gasteiger charge is -2.31. The second-order valence-electron chi connectivity index (χ2n) is 19.1. The third kappa shape index (κ3) is 17.1. The van der Waals surface area contributed by atoms with Crippen molar-refractivity contribution in [3.8, 4) is 34.1 Å². The summed E-state index contributed by atoms with van der Waals surface area (Å²) < 4.78 is 29.0. The first-order valence-electron chi connectivity index (χ1n) is 24.7. The topological polar surface area (TPSA) is 138 Å². The molecule has 10 heteroatoms. The van der Waals surface area contributed by atoms with Gasteiger partial charge in [-0.25, -0.2) is 19.2 Å². The van der Waals surface area contributed by atoms with Gasteiger partial charge in [0.2, 0.25) is 0 Å². The molecule has 0 saturated heterocycles. The van der Waals surface area contributed by atoms with Gasteiger partial charge in [0.25, 0.3) is 0 Å². The number of rotatable bonds is 28. The minimum atomic E-state index is -1.29. The molecule has 4 rings (SSSR count). The lowest BCUT2D eigenvalue weighted by molar-refractivity contribution is -0.151. The summed E-state index contributed by atoms with van der Waals surface area (Å²) in [6.07, 6.45) is 12.8. The van der Waals surface area contributed by atoms with E-state index in [-0.39, 0.29) is 50.6 Å². The van der Waals surface area contributed by atoms with Gasteiger partial charge in [-0.05, 0) is 154 Å². The molecule has 1 saturated carbocycles. The minimum Gasteiger partial charge on any atom is -0.492 e. The van der Waals surface area contributed by atoms with Gasteiger partial charge in [-0.15, -0.1) is 0 Å². The number of benzene rings is 3. The van der Waals surface area contributed by atoms with E-state index in [0.29, 0.717) is 48.5 Å². The molecule has 0 amide bonds. The fourth-order valence-electron chi connectivity index (χ4n) is 8.69. The van der Waals surface area contributed by atoms with Crippen molar-refractivity contribution in [3.05, 3.63) is 125 Å². The number of nitrogens with zero attached hydrogens (tertiary/aromatic N) is 1. The molecule has 3 aromatic rings. The van der Waals surface area contributed by atoms with Gasteiger partial charge in [0.1, 0.15) is 25.6 Å². The highest BCUT2D eigenvalue weighted by molar-refractivity contribution is 5.88. The Labute approximate surface area is 411 Å². The van der Waals surface area contributed by atoms with E-state index in [0.717, 1.165) is 51.3 Å². The van der Waals surface area contributed by atoms with Gasteiger partial charge in [0.15, 0.2) is 0 Å². The van der Waals surface area contributed by atoms with E-state index in [1.54, 1.807) is 13.8 Å². The average molecular weight is 942 g/mol. The maximum absolute atomic E-state index is 12.7. The summed E-state index contributed by atoms with van der Waals surface area (Å²) >= 11 is 0. The summed E-state index contributed by atoms with van der Waals surface area (Å²) in [5.74, 6) is -0.300. The lowest BCUT2D eigenvalue weighted by atomic mass is 9.77. The summed E-state index contributed by atoms with van der Waals surface area (Å²) in [4.78, 5) is 50.1. The summed E-state index contributed by atoms with van der Waals surface area (Å²) in [6, 6.07) is 22.1. The molecule has 1 aliphatic rings. The standard InChI is InChI=1S/C59H75NO9/c1-11-13-14-17-44-20-22-46(23-21-44)47-24-26-48(27-25-47)49-28-29-53(45(12-2)34-49)52-35-50(18-15-32-65-55(61)40(3)4)54(51(36-52)19-16-33-66-56(62)41(5)6)67-37-59(30-31-60,38-68-57(63)42(7)8)39-69-58(64)43(9)10/h24-29,34-36,44,46H,3,5,7,9,11-23,30,32-33,37-39H2,1-2,4,6,8,10H3. The molecule has 0 aromatic heterocycles. The molecular weight excluding hydrogens is 867 g/mol. The number of nitriles is 1. The average Bonchev–Trinajstić information content (AvgIpc) is 3.34. The number of carbonyl (C=O) groups excluding carboxylic acids is 4. The number of hydrogen-bond acceptors (Lipinski definition) is 10. The monoisotopic (exact) mass is 942 g/mol. The van der Waals surface area contributed by atoms with Gasteiger partial charge in [-0.3, -0.25) is 0 Å². The van der Waals surface area contributed by atoms with Crippen LogP contribution in [0.25, 0.3) is 22.3 Å². The van der Waals surface area contributed by atoms with Gasteiger partial charge in [-0.2, -0.15) is 5.26 Å². The zero-order valence-corrected chi connectivity index (χ0v) is 42.2. The molecule has 0 bridgehead atoms. The smallest absolute Gasteiger partial charge is 0.333 e. The summed E-state index contributed by atoms with van der Waals surface area (Å²) in [7, 11) is 0. The highest BCUT2D eigenvalue weighted by Gasteiger charge is 2.36. The summed E-state index contributed by atoms with van der Waals surface area (Å²) in [5, 5.41) is 10.1. The van der Waals surface area contributed by atoms with Crippen molar-refractivity contribution in [2.24, 2.45) is 11.3 Å². The Balaban J connectivity index is 1.76. The largest absolute Gasteiger partial charge is 0.492 e. The minimum absolute atomic E-state index is 0.127. The maximum Gasteiger partial charge on any atom is 0.333 e. The molecular formula is C59H75NO9. The molecule has 0 atom stereocenters. The van der Waals surface area contributed by atoms with Gasteiger partial charge < -0.3 is 23.7 Å². The zero-order valence-electron chi connectivity index (χ0n) is 42.2. The molecule has 0 unspecified atom stereocenters. The fourth-order valence-corrected chi connectivity index (χ4v) is 8.69. The molecule has 1 aliphatic carbocycles. The van der Waals surface area contributed by atoms with Crippen LogP contribution in [-0.2, 0) is 57.4 Å². The number of carbonyl (C=O) groups is 4. The quantitative estimate of drug-likeness (QED) is 0.0299. The number of esters is 4. The third-order valence-corrected chi connectivity index (χ3v) is 12.9. The van der Waals surface area contributed by atoms with E-state index >= 15 is 0 Å². The van der Waals surface area contributed by atoms with Gasteiger partial charge in [0, 0.05) is 22.3 Å². The Hall–Kier alpha value is -6.21. The van der Waals surface area contributed by atoms with Crippen molar-refractivity contribution in [2.75, 3.05) is 33.0 Å². The van der Waals surface area contributed by atoms with Crippen LogP contribution in [0.4, 0.5) is 0 Å². The molecule has 69 heavy (non-hydrogen) atoms. The van der Waals surface area contributed by atoms with Gasteiger partial charge >= 0.3 is 23.9 Å². The molecule has 0 N–H and O–H groups in total. The number of hydrogen-bond donors (Lipinski definition) is 0. The van der Waals surface area contributed by atoms with Crippen molar-refractivity contribution >= 4 is 23.9 Å². The van der Waals surface area contributed by atoms with Crippen LogP contribution >= 0.6 is 0 Å².